The number of nitriles is 1. The highest BCUT2D eigenvalue weighted by Crippen LogP contribution is 2.22. The van der Waals surface area contributed by atoms with Gasteiger partial charge in [0.25, 0.3) is 5.91 Å². The van der Waals surface area contributed by atoms with E-state index in [9.17, 15) is 4.79 Å². The van der Waals surface area contributed by atoms with E-state index >= 15 is 0 Å². The zero-order valence-corrected chi connectivity index (χ0v) is 15.0. The zero-order chi connectivity index (χ0) is 16.7. The summed E-state index contributed by atoms with van der Waals surface area (Å²) in [4.78, 5) is 14.4. The standard InChI is InChI=1S/C18H17IN2O2/c1-2-23-17-9-7-16(8-10-17)21(12-4-11-20)18(22)14-5-3-6-15(19)13-14/h3,5-10,13H,2,4,12H2,1H3. The fraction of sp³-hybridized carbons (Fsp3) is 0.222. The highest BCUT2D eigenvalue weighted by Gasteiger charge is 2.17. The molecule has 0 radical (unpaired) electrons. The Hall–Kier alpha value is -2.07. The van der Waals surface area contributed by atoms with E-state index < -0.39 is 0 Å². The van der Waals surface area contributed by atoms with Crippen molar-refractivity contribution in [2.45, 2.75) is 13.3 Å². The Balaban J connectivity index is 2.29. The van der Waals surface area contributed by atoms with Crippen LogP contribution in [-0.2, 0) is 0 Å². The summed E-state index contributed by atoms with van der Waals surface area (Å²) in [6, 6.07) is 16.9. The third kappa shape index (κ3) is 4.70. The summed E-state index contributed by atoms with van der Waals surface area (Å²) in [6.45, 7) is 2.88. The van der Waals surface area contributed by atoms with Gasteiger partial charge in [-0.05, 0) is 72.0 Å². The zero-order valence-electron chi connectivity index (χ0n) is 12.8. The van der Waals surface area contributed by atoms with Crippen molar-refractivity contribution < 1.29 is 9.53 Å². The van der Waals surface area contributed by atoms with Crippen molar-refractivity contribution in [1.82, 2.24) is 0 Å². The van der Waals surface area contributed by atoms with E-state index in [0.29, 0.717) is 18.7 Å². The Morgan fingerprint density at radius 1 is 1.26 bits per heavy atom. The molecule has 2 rings (SSSR count). The predicted octanol–water partition coefficient (Wildman–Crippen LogP) is 4.25. The van der Waals surface area contributed by atoms with Crippen LogP contribution in [0.25, 0.3) is 0 Å². The van der Waals surface area contributed by atoms with Crippen LogP contribution in [0.4, 0.5) is 5.69 Å². The van der Waals surface area contributed by atoms with Crippen LogP contribution in [0.2, 0.25) is 0 Å². The van der Waals surface area contributed by atoms with Gasteiger partial charge in [-0.3, -0.25) is 4.79 Å². The lowest BCUT2D eigenvalue weighted by atomic mass is 10.1. The molecule has 0 unspecified atom stereocenters. The molecule has 118 valence electrons. The Labute approximate surface area is 149 Å². The van der Waals surface area contributed by atoms with Crippen LogP contribution in [0.5, 0.6) is 5.75 Å². The van der Waals surface area contributed by atoms with Crippen molar-refractivity contribution in [3.05, 3.63) is 57.7 Å². The molecule has 0 saturated heterocycles. The molecule has 0 spiro atoms. The number of hydrogen-bond acceptors (Lipinski definition) is 3. The van der Waals surface area contributed by atoms with Crippen molar-refractivity contribution in [3.8, 4) is 11.8 Å². The first-order valence-electron chi connectivity index (χ1n) is 7.33. The van der Waals surface area contributed by atoms with Gasteiger partial charge in [0.05, 0.1) is 19.1 Å². The van der Waals surface area contributed by atoms with Gasteiger partial charge in [-0.15, -0.1) is 0 Å². The van der Waals surface area contributed by atoms with Crippen LogP contribution in [0, 0.1) is 14.9 Å². The van der Waals surface area contributed by atoms with Gasteiger partial charge in [0.1, 0.15) is 5.75 Å². The molecule has 2 aromatic carbocycles. The molecular weight excluding hydrogens is 403 g/mol. The monoisotopic (exact) mass is 420 g/mol. The lowest BCUT2D eigenvalue weighted by Gasteiger charge is -2.22. The van der Waals surface area contributed by atoms with E-state index in [1.165, 1.54) is 0 Å². The number of amides is 1. The van der Waals surface area contributed by atoms with E-state index in [1.807, 2.05) is 49.4 Å². The van der Waals surface area contributed by atoms with Gasteiger partial charge >= 0.3 is 0 Å². The molecule has 0 bridgehead atoms. The number of ether oxygens (including phenoxy) is 1. The lowest BCUT2D eigenvalue weighted by Crippen LogP contribution is -2.31. The van der Waals surface area contributed by atoms with Crippen LogP contribution in [-0.4, -0.2) is 19.1 Å². The Bertz CT molecular complexity index is 708. The van der Waals surface area contributed by atoms with Crippen LogP contribution in [0.3, 0.4) is 0 Å². The van der Waals surface area contributed by atoms with Gasteiger partial charge in [0.15, 0.2) is 0 Å². The van der Waals surface area contributed by atoms with Crippen molar-refractivity contribution in [3.63, 3.8) is 0 Å². The van der Waals surface area contributed by atoms with E-state index in [1.54, 1.807) is 11.0 Å². The third-order valence-corrected chi connectivity index (χ3v) is 3.89. The van der Waals surface area contributed by atoms with Crippen molar-refractivity contribution in [1.29, 1.82) is 5.26 Å². The maximum atomic E-state index is 12.8. The van der Waals surface area contributed by atoms with Gasteiger partial charge in [-0.2, -0.15) is 5.26 Å². The molecule has 0 N–H and O–H groups in total. The molecule has 0 aromatic heterocycles. The van der Waals surface area contributed by atoms with E-state index in [0.717, 1.165) is 15.0 Å². The van der Waals surface area contributed by atoms with Gasteiger partial charge in [-0.25, -0.2) is 0 Å². The van der Waals surface area contributed by atoms with Gasteiger partial charge < -0.3 is 9.64 Å². The first-order valence-corrected chi connectivity index (χ1v) is 8.41. The summed E-state index contributed by atoms with van der Waals surface area (Å²) in [5.41, 5.74) is 1.37. The Morgan fingerprint density at radius 3 is 2.61 bits per heavy atom. The van der Waals surface area contributed by atoms with Gasteiger partial charge in [0.2, 0.25) is 0 Å². The summed E-state index contributed by atoms with van der Waals surface area (Å²) in [7, 11) is 0. The highest BCUT2D eigenvalue weighted by molar-refractivity contribution is 14.1. The second kappa shape index (κ2) is 8.53. The number of anilines is 1. The third-order valence-electron chi connectivity index (χ3n) is 3.22. The number of hydrogen-bond donors (Lipinski definition) is 0. The topological polar surface area (TPSA) is 53.3 Å². The summed E-state index contributed by atoms with van der Waals surface area (Å²) >= 11 is 2.18. The molecule has 0 heterocycles. The Morgan fingerprint density at radius 2 is 2.00 bits per heavy atom. The van der Waals surface area contributed by atoms with Crippen molar-refractivity contribution in [2.24, 2.45) is 0 Å². The Kier molecular flexibility index (Phi) is 6.41. The summed E-state index contributed by atoms with van der Waals surface area (Å²) in [6.07, 6.45) is 0.281. The minimum Gasteiger partial charge on any atom is -0.494 e. The van der Waals surface area contributed by atoms with Gasteiger partial charge in [-0.1, -0.05) is 6.07 Å². The van der Waals surface area contributed by atoms with E-state index in [2.05, 4.69) is 28.7 Å². The molecule has 0 atom stereocenters. The number of carbonyl (C=O) groups excluding carboxylic acids is 1. The van der Waals surface area contributed by atoms with Crippen LogP contribution < -0.4 is 9.64 Å². The van der Waals surface area contributed by atoms with Crippen LogP contribution in [0.1, 0.15) is 23.7 Å². The molecule has 0 fully saturated rings. The SMILES string of the molecule is CCOc1ccc(N(CCC#N)C(=O)c2cccc(I)c2)cc1. The fourth-order valence-electron chi connectivity index (χ4n) is 2.18. The summed E-state index contributed by atoms with van der Waals surface area (Å²) in [5.74, 6) is 0.654. The number of nitrogens with zero attached hydrogens (tertiary/aromatic N) is 2. The van der Waals surface area contributed by atoms with E-state index in [-0.39, 0.29) is 12.3 Å². The number of carbonyl (C=O) groups is 1. The summed E-state index contributed by atoms with van der Waals surface area (Å²) in [5, 5.41) is 8.86. The normalized spacial score (nSPS) is 9.96. The lowest BCUT2D eigenvalue weighted by molar-refractivity contribution is 0.0987. The van der Waals surface area contributed by atoms with Crippen molar-refractivity contribution in [2.75, 3.05) is 18.1 Å². The molecule has 23 heavy (non-hydrogen) atoms. The predicted molar refractivity (Wildman–Crippen MR) is 98.7 cm³/mol. The number of rotatable bonds is 6. The molecule has 4 nitrogen and oxygen atoms in total. The number of benzene rings is 2. The molecule has 0 aliphatic heterocycles. The second-order valence-corrected chi connectivity index (χ2v) is 6.05. The quantitative estimate of drug-likeness (QED) is 0.657. The largest absolute Gasteiger partial charge is 0.494 e. The first-order chi connectivity index (χ1) is 11.2. The smallest absolute Gasteiger partial charge is 0.258 e. The molecule has 0 aliphatic rings. The molecule has 0 aliphatic carbocycles. The molecular formula is C18H17IN2O2. The van der Waals surface area contributed by atoms with Crippen molar-refractivity contribution >= 4 is 34.2 Å². The maximum Gasteiger partial charge on any atom is 0.258 e. The molecule has 2 aromatic rings. The highest BCUT2D eigenvalue weighted by atomic mass is 127. The minimum absolute atomic E-state index is 0.108. The maximum absolute atomic E-state index is 12.8. The van der Waals surface area contributed by atoms with Gasteiger partial charge in [0, 0.05) is 21.4 Å². The number of halogens is 1. The average Bonchev–Trinajstić information content (AvgIpc) is 2.56. The fourth-order valence-corrected chi connectivity index (χ4v) is 2.72. The van der Waals surface area contributed by atoms with E-state index in [4.69, 9.17) is 10.00 Å². The molecule has 5 heteroatoms. The molecule has 1 amide bonds. The van der Waals surface area contributed by atoms with Crippen LogP contribution >= 0.6 is 22.6 Å². The van der Waals surface area contributed by atoms with Crippen LogP contribution in [0.15, 0.2) is 48.5 Å². The second-order valence-electron chi connectivity index (χ2n) is 4.80. The molecule has 0 saturated carbocycles. The minimum atomic E-state index is -0.108. The first kappa shape index (κ1) is 17.3. The summed E-state index contributed by atoms with van der Waals surface area (Å²) < 4.78 is 6.43. The average molecular weight is 420 g/mol.